The van der Waals surface area contributed by atoms with Crippen LogP contribution in [0.1, 0.15) is 33.2 Å². The fourth-order valence-electron chi connectivity index (χ4n) is 3.92. The lowest BCUT2D eigenvalue weighted by Gasteiger charge is -2.27. The Hall–Kier alpha value is -4.96. The number of fused-ring (bicyclic) bond motifs is 1. The van der Waals surface area contributed by atoms with Gasteiger partial charge in [0.05, 0.1) is 12.2 Å². The van der Waals surface area contributed by atoms with Crippen LogP contribution in [0.2, 0.25) is 0 Å². The third-order valence-electron chi connectivity index (χ3n) is 5.56. The van der Waals surface area contributed by atoms with Crippen LogP contribution in [0.15, 0.2) is 107 Å². The van der Waals surface area contributed by atoms with Crippen molar-refractivity contribution >= 4 is 5.97 Å². The van der Waals surface area contributed by atoms with Gasteiger partial charge < -0.3 is 24.4 Å². The summed E-state index contributed by atoms with van der Waals surface area (Å²) in [6, 6.07) is 27.6. The summed E-state index contributed by atoms with van der Waals surface area (Å²) < 4.78 is 22.2. The number of benzene rings is 3. The molecule has 7 heteroatoms. The van der Waals surface area contributed by atoms with Gasteiger partial charge in [0.25, 0.3) is 0 Å². The molecule has 7 nitrogen and oxygen atoms in total. The first-order chi connectivity index (χ1) is 17.1. The highest BCUT2D eigenvalue weighted by Gasteiger charge is 2.31. The SMILES string of the molecule is N#CC1=C(N)Oc2cc(OC(=O)c3ccco3)ccc2[C@@H]1c1cccc(OCc2ccccc2)c1. The van der Waals surface area contributed by atoms with Gasteiger partial charge in [0, 0.05) is 11.6 Å². The Morgan fingerprint density at radius 3 is 2.60 bits per heavy atom. The van der Waals surface area contributed by atoms with E-state index in [2.05, 4.69) is 6.07 Å². The van der Waals surface area contributed by atoms with Gasteiger partial charge in [-0.25, -0.2) is 4.79 Å². The second-order valence-corrected chi connectivity index (χ2v) is 7.84. The summed E-state index contributed by atoms with van der Waals surface area (Å²) in [5, 5.41) is 9.84. The van der Waals surface area contributed by atoms with Gasteiger partial charge in [0.2, 0.25) is 11.6 Å². The molecule has 5 rings (SSSR count). The molecule has 0 spiro atoms. The summed E-state index contributed by atoms with van der Waals surface area (Å²) in [6.45, 7) is 0.419. The summed E-state index contributed by atoms with van der Waals surface area (Å²) in [7, 11) is 0. The van der Waals surface area contributed by atoms with Gasteiger partial charge >= 0.3 is 5.97 Å². The van der Waals surface area contributed by atoms with E-state index in [1.807, 2.05) is 54.6 Å². The van der Waals surface area contributed by atoms with Crippen molar-refractivity contribution in [1.82, 2.24) is 0 Å². The number of nitrogens with two attached hydrogens (primary N) is 1. The van der Waals surface area contributed by atoms with Crippen LogP contribution in [0.4, 0.5) is 0 Å². The van der Waals surface area contributed by atoms with E-state index >= 15 is 0 Å². The molecule has 0 radical (unpaired) electrons. The molecule has 1 aliphatic heterocycles. The number of esters is 1. The molecule has 0 bridgehead atoms. The lowest BCUT2D eigenvalue weighted by Crippen LogP contribution is -2.21. The van der Waals surface area contributed by atoms with Crippen molar-refractivity contribution in [3.8, 4) is 23.3 Å². The molecule has 1 aromatic heterocycles. The molecule has 0 saturated heterocycles. The van der Waals surface area contributed by atoms with E-state index in [9.17, 15) is 10.1 Å². The molecule has 0 unspecified atom stereocenters. The van der Waals surface area contributed by atoms with Crippen LogP contribution in [0.25, 0.3) is 0 Å². The number of furan rings is 1. The molecule has 3 aromatic carbocycles. The Kier molecular flexibility index (Phi) is 5.93. The van der Waals surface area contributed by atoms with Crippen molar-refractivity contribution < 1.29 is 23.4 Å². The molecule has 35 heavy (non-hydrogen) atoms. The van der Waals surface area contributed by atoms with Crippen molar-refractivity contribution in [2.75, 3.05) is 0 Å². The average Bonchev–Trinajstić information content (AvgIpc) is 3.43. The van der Waals surface area contributed by atoms with Crippen LogP contribution in [0.3, 0.4) is 0 Å². The molecule has 0 aliphatic carbocycles. The quantitative estimate of drug-likeness (QED) is 0.305. The van der Waals surface area contributed by atoms with E-state index in [4.69, 9.17) is 24.4 Å². The zero-order valence-electron chi connectivity index (χ0n) is 18.5. The minimum absolute atomic E-state index is 0.00452. The van der Waals surface area contributed by atoms with Gasteiger partial charge in [-0.2, -0.15) is 5.26 Å². The van der Waals surface area contributed by atoms with Gasteiger partial charge in [0.1, 0.15) is 35.5 Å². The number of nitrogens with zero attached hydrogens (tertiary/aromatic N) is 1. The minimum atomic E-state index is -0.633. The third kappa shape index (κ3) is 4.59. The van der Waals surface area contributed by atoms with Crippen LogP contribution in [-0.4, -0.2) is 5.97 Å². The van der Waals surface area contributed by atoms with E-state index in [-0.39, 0.29) is 23.0 Å². The topological polar surface area (TPSA) is 108 Å². The fraction of sp³-hybridized carbons (Fsp3) is 0.0714. The Labute approximate surface area is 201 Å². The highest BCUT2D eigenvalue weighted by Crippen LogP contribution is 2.44. The monoisotopic (exact) mass is 464 g/mol. The number of hydrogen-bond acceptors (Lipinski definition) is 7. The number of allylic oxidation sites excluding steroid dienone is 1. The first kappa shape index (κ1) is 21.9. The van der Waals surface area contributed by atoms with Gasteiger partial charge in [-0.05, 0) is 41.5 Å². The maximum Gasteiger partial charge on any atom is 0.379 e. The Morgan fingerprint density at radius 1 is 0.971 bits per heavy atom. The van der Waals surface area contributed by atoms with E-state index in [1.165, 1.54) is 12.3 Å². The second-order valence-electron chi connectivity index (χ2n) is 7.84. The Bertz CT molecular complexity index is 1440. The third-order valence-corrected chi connectivity index (χ3v) is 5.56. The lowest BCUT2D eigenvalue weighted by molar-refractivity contribution is 0.0701. The van der Waals surface area contributed by atoms with E-state index in [0.717, 1.165) is 11.1 Å². The van der Waals surface area contributed by atoms with E-state index in [1.54, 1.807) is 24.3 Å². The molecule has 0 fully saturated rings. The molecule has 1 atom stereocenters. The van der Waals surface area contributed by atoms with Crippen LogP contribution in [0.5, 0.6) is 17.2 Å². The Morgan fingerprint density at radius 2 is 1.83 bits per heavy atom. The summed E-state index contributed by atoms with van der Waals surface area (Å²) in [4.78, 5) is 12.2. The van der Waals surface area contributed by atoms with Crippen molar-refractivity contribution in [1.29, 1.82) is 5.26 Å². The Balaban J connectivity index is 1.44. The molecule has 0 amide bonds. The molecule has 2 N–H and O–H groups in total. The molecule has 2 heterocycles. The summed E-state index contributed by atoms with van der Waals surface area (Å²) in [6.07, 6.45) is 1.39. The predicted octanol–water partition coefficient (Wildman–Crippen LogP) is 5.30. The van der Waals surface area contributed by atoms with Gasteiger partial charge in [-0.15, -0.1) is 0 Å². The largest absolute Gasteiger partial charge is 0.489 e. The van der Waals surface area contributed by atoms with Crippen LogP contribution < -0.4 is 19.9 Å². The predicted molar refractivity (Wildman–Crippen MR) is 127 cm³/mol. The molecule has 4 aromatic rings. The highest BCUT2D eigenvalue weighted by atomic mass is 16.5. The number of carbonyl (C=O) groups excluding carboxylic acids is 1. The number of hydrogen-bond donors (Lipinski definition) is 1. The molecular weight excluding hydrogens is 444 g/mol. The smallest absolute Gasteiger partial charge is 0.379 e. The van der Waals surface area contributed by atoms with Crippen molar-refractivity contribution in [2.24, 2.45) is 5.73 Å². The number of carbonyl (C=O) groups is 1. The number of nitriles is 1. The maximum atomic E-state index is 12.2. The van der Waals surface area contributed by atoms with Gasteiger partial charge in [0.15, 0.2) is 0 Å². The highest BCUT2D eigenvalue weighted by molar-refractivity contribution is 5.88. The number of rotatable bonds is 6. The molecular formula is C28H20N2O5. The first-order valence-electron chi connectivity index (χ1n) is 10.9. The van der Waals surface area contributed by atoms with E-state index < -0.39 is 11.9 Å². The van der Waals surface area contributed by atoms with Gasteiger partial charge in [-0.1, -0.05) is 48.5 Å². The van der Waals surface area contributed by atoms with Crippen molar-refractivity contribution in [2.45, 2.75) is 12.5 Å². The van der Waals surface area contributed by atoms with Crippen molar-refractivity contribution in [3.05, 3.63) is 125 Å². The minimum Gasteiger partial charge on any atom is -0.489 e. The number of ether oxygens (including phenoxy) is 3. The zero-order valence-corrected chi connectivity index (χ0v) is 18.5. The van der Waals surface area contributed by atoms with Crippen LogP contribution in [0, 0.1) is 11.3 Å². The zero-order chi connectivity index (χ0) is 24.2. The second kappa shape index (κ2) is 9.49. The fourth-order valence-corrected chi connectivity index (χ4v) is 3.92. The summed E-state index contributed by atoms with van der Waals surface area (Å²) >= 11 is 0. The first-order valence-corrected chi connectivity index (χ1v) is 10.9. The van der Waals surface area contributed by atoms with Crippen molar-refractivity contribution in [3.63, 3.8) is 0 Å². The molecule has 1 aliphatic rings. The molecule has 172 valence electrons. The summed E-state index contributed by atoms with van der Waals surface area (Å²) in [5.41, 5.74) is 8.99. The maximum absolute atomic E-state index is 12.2. The average molecular weight is 464 g/mol. The standard InChI is InChI=1S/C28H20N2O5/c29-16-23-26(19-8-4-9-20(14-19)33-17-18-6-2-1-3-7-18)22-12-11-21(15-25(22)35-27(23)30)34-28(31)24-10-5-13-32-24/h1-15,26H,17,30H2/t26-/m0/s1. The van der Waals surface area contributed by atoms with Crippen LogP contribution >= 0.6 is 0 Å². The molecule has 0 saturated carbocycles. The summed E-state index contributed by atoms with van der Waals surface area (Å²) in [5.74, 6) is 0.295. The lowest BCUT2D eigenvalue weighted by atomic mass is 9.83. The van der Waals surface area contributed by atoms with Crippen LogP contribution in [-0.2, 0) is 6.61 Å². The normalized spacial score (nSPS) is 14.4. The van der Waals surface area contributed by atoms with Gasteiger partial charge in [-0.3, -0.25) is 0 Å². The van der Waals surface area contributed by atoms with E-state index in [0.29, 0.717) is 23.7 Å².